The molecule has 0 unspecified atom stereocenters. The summed E-state index contributed by atoms with van der Waals surface area (Å²) in [6.45, 7) is 6.85. The number of hydrogen-bond acceptors (Lipinski definition) is 6. The minimum Gasteiger partial charge on any atom is -0.494 e. The lowest BCUT2D eigenvalue weighted by Crippen LogP contribution is -2.34. The Morgan fingerprint density at radius 2 is 2.06 bits per heavy atom. The van der Waals surface area contributed by atoms with Gasteiger partial charge in [-0.05, 0) is 31.8 Å². The summed E-state index contributed by atoms with van der Waals surface area (Å²) >= 11 is 0. The van der Waals surface area contributed by atoms with Crippen LogP contribution in [0.4, 0.5) is 0 Å². The van der Waals surface area contributed by atoms with Gasteiger partial charge in [0.1, 0.15) is 5.65 Å². The Hall–Kier alpha value is -3.14. The van der Waals surface area contributed by atoms with E-state index in [4.69, 9.17) is 4.74 Å². The van der Waals surface area contributed by atoms with Crippen molar-refractivity contribution in [3.8, 4) is 5.88 Å². The Labute approximate surface area is 186 Å². The van der Waals surface area contributed by atoms with Crippen LogP contribution in [-0.4, -0.2) is 69.4 Å². The molecule has 2 N–H and O–H groups in total. The maximum Gasteiger partial charge on any atom is 0.291 e. The predicted molar refractivity (Wildman–Crippen MR) is 120 cm³/mol. The zero-order chi connectivity index (χ0) is 23.6. The minimum atomic E-state index is -0.693. The molecule has 2 aromatic rings. The molecule has 0 radical (unpaired) electrons. The van der Waals surface area contributed by atoms with Crippen LogP contribution in [0.2, 0.25) is 0 Å². The van der Waals surface area contributed by atoms with E-state index < -0.39 is 17.3 Å². The number of hydrogen-bond donors (Lipinski definition) is 2. The molecule has 2 heterocycles. The number of carbonyl (C=O) groups is 2. The normalized spacial score (nSPS) is 13.9. The fraction of sp³-hybridized carbons (Fsp3) is 0.545. The minimum absolute atomic E-state index is 0.0366. The van der Waals surface area contributed by atoms with Crippen LogP contribution >= 0.6 is 0 Å². The van der Waals surface area contributed by atoms with E-state index in [0.717, 1.165) is 17.4 Å². The SMILES string of the molecule is COCCN(C)C(=O)C=Cc1c(C)nn2c(=O)c(C(=O)NC3CC3)c(O)n(CC(C)C)c12. The number of aromatic nitrogens is 3. The molecule has 0 saturated heterocycles. The maximum absolute atomic E-state index is 13.1. The Morgan fingerprint density at radius 1 is 1.38 bits per heavy atom. The van der Waals surface area contributed by atoms with E-state index >= 15 is 0 Å². The number of carbonyl (C=O) groups excluding carboxylic acids is 2. The standard InChI is InChI=1S/C22H31N5O5/c1-13(2)12-26-20-16(8-9-17(28)25(4)10-11-32-5)14(3)24-27(20)22(31)18(21(26)30)19(29)23-15-6-7-15/h8-9,13,15,30H,6-7,10-12H2,1-5H3,(H,23,29). The second-order valence-corrected chi connectivity index (χ2v) is 8.58. The number of fused-ring (bicyclic) bond motifs is 1. The van der Waals surface area contributed by atoms with E-state index in [2.05, 4.69) is 10.4 Å². The van der Waals surface area contributed by atoms with Crippen molar-refractivity contribution in [2.45, 2.75) is 46.2 Å². The largest absolute Gasteiger partial charge is 0.494 e. The van der Waals surface area contributed by atoms with Gasteiger partial charge in [-0.2, -0.15) is 9.61 Å². The molecule has 2 aromatic heterocycles. The smallest absolute Gasteiger partial charge is 0.291 e. The average Bonchev–Trinajstić information content (AvgIpc) is 3.48. The van der Waals surface area contributed by atoms with Gasteiger partial charge in [0.2, 0.25) is 11.8 Å². The number of likely N-dealkylation sites (N-methyl/N-ethyl adjacent to an activating group) is 1. The molecule has 174 valence electrons. The highest BCUT2D eigenvalue weighted by Crippen LogP contribution is 2.26. The van der Waals surface area contributed by atoms with E-state index in [9.17, 15) is 19.5 Å². The molecule has 3 rings (SSSR count). The summed E-state index contributed by atoms with van der Waals surface area (Å²) in [7, 11) is 3.23. The number of nitrogens with zero attached hydrogens (tertiary/aromatic N) is 4. The molecule has 32 heavy (non-hydrogen) atoms. The number of aromatic hydroxyl groups is 1. The van der Waals surface area contributed by atoms with Gasteiger partial charge in [0.05, 0.1) is 12.3 Å². The third kappa shape index (κ3) is 4.85. The number of nitrogens with one attached hydrogen (secondary N) is 1. The van der Waals surface area contributed by atoms with E-state index in [1.54, 1.807) is 27.2 Å². The molecule has 0 aliphatic heterocycles. The van der Waals surface area contributed by atoms with Gasteiger partial charge in [-0.3, -0.25) is 19.0 Å². The molecular formula is C22H31N5O5. The van der Waals surface area contributed by atoms with E-state index in [1.165, 1.54) is 15.5 Å². The van der Waals surface area contributed by atoms with Crippen molar-refractivity contribution in [2.24, 2.45) is 5.92 Å². The number of ether oxygens (including phenoxy) is 1. The van der Waals surface area contributed by atoms with Crippen molar-refractivity contribution >= 4 is 23.5 Å². The van der Waals surface area contributed by atoms with E-state index in [0.29, 0.717) is 36.6 Å². The summed E-state index contributed by atoms with van der Waals surface area (Å²) in [4.78, 5) is 39.7. The summed E-state index contributed by atoms with van der Waals surface area (Å²) in [5.74, 6) is -1.12. The molecule has 0 spiro atoms. The lowest BCUT2D eigenvalue weighted by atomic mass is 10.1. The topological polar surface area (TPSA) is 118 Å². The number of amides is 2. The zero-order valence-corrected chi connectivity index (χ0v) is 19.2. The molecule has 1 aliphatic carbocycles. The molecule has 0 atom stereocenters. The maximum atomic E-state index is 13.1. The Morgan fingerprint density at radius 3 is 2.66 bits per heavy atom. The summed E-state index contributed by atoms with van der Waals surface area (Å²) < 4.78 is 7.65. The van der Waals surface area contributed by atoms with Crippen LogP contribution in [0.25, 0.3) is 11.7 Å². The Bertz CT molecular complexity index is 1110. The van der Waals surface area contributed by atoms with Crippen LogP contribution in [0, 0.1) is 12.8 Å². The Kier molecular flexibility index (Phi) is 7.02. The molecule has 1 saturated carbocycles. The van der Waals surface area contributed by atoms with Gasteiger partial charge in [0, 0.05) is 44.9 Å². The highest BCUT2D eigenvalue weighted by atomic mass is 16.5. The van der Waals surface area contributed by atoms with Crippen LogP contribution in [0.15, 0.2) is 10.9 Å². The monoisotopic (exact) mass is 445 g/mol. The first-order valence-electron chi connectivity index (χ1n) is 10.7. The first kappa shape index (κ1) is 23.5. The van der Waals surface area contributed by atoms with Gasteiger partial charge in [0.25, 0.3) is 11.5 Å². The summed E-state index contributed by atoms with van der Waals surface area (Å²) in [5, 5.41) is 18.1. The lowest BCUT2D eigenvalue weighted by molar-refractivity contribution is -0.125. The second-order valence-electron chi connectivity index (χ2n) is 8.58. The Balaban J connectivity index is 2.11. The van der Waals surface area contributed by atoms with Crippen molar-refractivity contribution in [2.75, 3.05) is 27.3 Å². The van der Waals surface area contributed by atoms with Crippen molar-refractivity contribution < 1.29 is 19.4 Å². The molecule has 0 bridgehead atoms. The lowest BCUT2D eigenvalue weighted by Gasteiger charge is -2.17. The molecular weight excluding hydrogens is 414 g/mol. The van der Waals surface area contributed by atoms with Gasteiger partial charge in [-0.25, -0.2) is 0 Å². The first-order valence-corrected chi connectivity index (χ1v) is 10.7. The predicted octanol–water partition coefficient (Wildman–Crippen LogP) is 1.18. The van der Waals surface area contributed by atoms with Crippen molar-refractivity contribution in [3.05, 3.63) is 33.3 Å². The van der Waals surface area contributed by atoms with Gasteiger partial charge >= 0.3 is 0 Å². The third-order valence-corrected chi connectivity index (χ3v) is 5.31. The number of methoxy groups -OCH3 is 1. The van der Waals surface area contributed by atoms with Crippen molar-refractivity contribution in [1.29, 1.82) is 0 Å². The fourth-order valence-corrected chi connectivity index (χ4v) is 3.40. The molecule has 2 amide bonds. The molecule has 0 aromatic carbocycles. The summed E-state index contributed by atoms with van der Waals surface area (Å²) in [6.07, 6.45) is 4.70. The van der Waals surface area contributed by atoms with Crippen molar-refractivity contribution in [3.63, 3.8) is 0 Å². The highest BCUT2D eigenvalue weighted by Gasteiger charge is 2.30. The molecule has 10 heteroatoms. The number of rotatable bonds is 9. The first-order chi connectivity index (χ1) is 15.1. The van der Waals surface area contributed by atoms with Crippen molar-refractivity contribution in [1.82, 2.24) is 24.4 Å². The van der Waals surface area contributed by atoms with Crippen LogP contribution < -0.4 is 10.9 Å². The average molecular weight is 446 g/mol. The zero-order valence-electron chi connectivity index (χ0n) is 19.2. The van der Waals surface area contributed by atoms with Crippen LogP contribution in [0.1, 0.15) is 48.3 Å². The molecule has 1 fully saturated rings. The second kappa shape index (κ2) is 9.56. The van der Waals surface area contributed by atoms with Crippen LogP contribution in [-0.2, 0) is 16.1 Å². The van der Waals surface area contributed by atoms with E-state index in [1.807, 2.05) is 13.8 Å². The van der Waals surface area contributed by atoms with Crippen LogP contribution in [0.3, 0.4) is 0 Å². The number of aryl methyl sites for hydroxylation is 1. The fourth-order valence-electron chi connectivity index (χ4n) is 3.40. The third-order valence-electron chi connectivity index (χ3n) is 5.31. The quantitative estimate of drug-likeness (QED) is 0.560. The van der Waals surface area contributed by atoms with Gasteiger partial charge < -0.3 is 20.1 Å². The van der Waals surface area contributed by atoms with Gasteiger partial charge in [-0.1, -0.05) is 13.8 Å². The molecule has 10 nitrogen and oxygen atoms in total. The van der Waals surface area contributed by atoms with Gasteiger partial charge in [0.15, 0.2) is 5.56 Å². The van der Waals surface area contributed by atoms with E-state index in [-0.39, 0.29) is 23.4 Å². The van der Waals surface area contributed by atoms with Crippen LogP contribution in [0.5, 0.6) is 5.88 Å². The highest BCUT2D eigenvalue weighted by molar-refractivity contribution is 5.97. The van der Waals surface area contributed by atoms with Gasteiger partial charge in [-0.15, -0.1) is 0 Å². The summed E-state index contributed by atoms with van der Waals surface area (Å²) in [5.41, 5.74) is 0.355. The summed E-state index contributed by atoms with van der Waals surface area (Å²) in [6, 6.07) is 0.0366. The molecule has 1 aliphatic rings.